The second-order valence-electron chi connectivity index (χ2n) is 6.99. The van der Waals surface area contributed by atoms with E-state index in [4.69, 9.17) is 27.3 Å². The molecule has 9 heteroatoms. The number of allylic oxidation sites excluding steroid dienone is 1. The molecule has 0 bridgehead atoms. The van der Waals surface area contributed by atoms with Crippen molar-refractivity contribution >= 4 is 23.5 Å². The Morgan fingerprint density at radius 3 is 2.79 bits per heavy atom. The van der Waals surface area contributed by atoms with Gasteiger partial charge in [-0.25, -0.2) is 9.37 Å². The summed E-state index contributed by atoms with van der Waals surface area (Å²) in [6.45, 7) is 1.40. The lowest BCUT2D eigenvalue weighted by Gasteiger charge is -2.14. The third-order valence-electron chi connectivity index (χ3n) is 4.72. The van der Waals surface area contributed by atoms with E-state index < -0.39 is 0 Å². The molecule has 2 heterocycles. The van der Waals surface area contributed by atoms with Crippen molar-refractivity contribution in [1.82, 2.24) is 15.6 Å². The normalized spacial score (nSPS) is 19.1. The van der Waals surface area contributed by atoms with E-state index in [1.54, 1.807) is 24.4 Å². The maximum absolute atomic E-state index is 13.0. The lowest BCUT2D eigenvalue weighted by molar-refractivity contribution is 0.219. The van der Waals surface area contributed by atoms with Gasteiger partial charge in [-0.05, 0) is 41.5 Å². The summed E-state index contributed by atoms with van der Waals surface area (Å²) in [6.07, 6.45) is 4.33. The van der Waals surface area contributed by atoms with Crippen LogP contribution < -0.4 is 32.6 Å². The molecule has 2 atom stereocenters. The van der Waals surface area contributed by atoms with Crippen LogP contribution in [0.25, 0.3) is 0 Å². The van der Waals surface area contributed by atoms with Gasteiger partial charge in [-0.1, -0.05) is 0 Å². The van der Waals surface area contributed by atoms with E-state index in [9.17, 15) is 4.39 Å². The van der Waals surface area contributed by atoms with Gasteiger partial charge >= 0.3 is 0 Å². The fourth-order valence-electron chi connectivity index (χ4n) is 3.23. The number of hydrogen-bond acceptors (Lipinski definition) is 8. The Balaban J connectivity index is 1.49. The summed E-state index contributed by atoms with van der Waals surface area (Å²) in [4.78, 5) is 3.92. The maximum Gasteiger partial charge on any atom is 0.149 e. The second kappa shape index (κ2) is 9.24. The molecule has 2 unspecified atom stereocenters. The number of hydrogen-bond donors (Lipinski definition) is 6. The highest BCUT2D eigenvalue weighted by molar-refractivity contribution is 5.78. The molecule has 1 fully saturated rings. The highest BCUT2D eigenvalue weighted by Gasteiger charge is 2.25. The van der Waals surface area contributed by atoms with Crippen LogP contribution in [0.5, 0.6) is 5.75 Å². The van der Waals surface area contributed by atoms with E-state index in [1.807, 2.05) is 0 Å². The van der Waals surface area contributed by atoms with Crippen molar-refractivity contribution < 1.29 is 9.13 Å². The number of nitrogens with one attached hydrogen (secondary N) is 3. The number of halogens is 1. The van der Waals surface area contributed by atoms with Crippen molar-refractivity contribution in [2.24, 2.45) is 0 Å². The molecule has 29 heavy (non-hydrogen) atoms. The average Bonchev–Trinajstić information content (AvgIpc) is 3.13. The summed E-state index contributed by atoms with van der Waals surface area (Å²) in [5, 5.41) is 14.3. The van der Waals surface area contributed by atoms with Gasteiger partial charge in [0.25, 0.3) is 0 Å². The molecule has 1 aromatic heterocycles. The van der Waals surface area contributed by atoms with E-state index >= 15 is 0 Å². The number of ether oxygens (including phenoxy) is 1. The molecule has 0 saturated carbocycles. The second-order valence-corrected chi connectivity index (χ2v) is 6.99. The Kier molecular flexibility index (Phi) is 6.50. The van der Waals surface area contributed by atoms with Crippen LogP contribution in [0.2, 0.25) is 0 Å². The maximum atomic E-state index is 13.0. The minimum absolute atomic E-state index is 0.0287. The van der Waals surface area contributed by atoms with Gasteiger partial charge in [0, 0.05) is 44.4 Å². The number of aromatic nitrogens is 1. The van der Waals surface area contributed by atoms with Gasteiger partial charge in [-0.2, -0.15) is 0 Å². The Morgan fingerprint density at radius 2 is 2.07 bits per heavy atom. The fraction of sp³-hybridized carbons (Fsp3) is 0.300. The van der Waals surface area contributed by atoms with Crippen molar-refractivity contribution in [3.8, 4) is 5.75 Å². The molecule has 0 radical (unpaired) electrons. The zero-order valence-corrected chi connectivity index (χ0v) is 16.0. The van der Waals surface area contributed by atoms with Crippen molar-refractivity contribution in [3.63, 3.8) is 0 Å². The zero-order chi connectivity index (χ0) is 20.8. The van der Waals surface area contributed by atoms with Gasteiger partial charge in [-0.15, -0.1) is 0 Å². The summed E-state index contributed by atoms with van der Waals surface area (Å²) in [7, 11) is 0. The number of pyridine rings is 1. The molecule has 2 aromatic rings. The van der Waals surface area contributed by atoms with Crippen molar-refractivity contribution in [2.75, 3.05) is 30.3 Å². The van der Waals surface area contributed by atoms with Crippen LogP contribution in [0.15, 0.2) is 42.1 Å². The zero-order valence-electron chi connectivity index (χ0n) is 16.0. The van der Waals surface area contributed by atoms with E-state index in [1.165, 1.54) is 18.3 Å². The minimum atomic E-state index is -0.281. The molecule has 1 aliphatic heterocycles. The van der Waals surface area contributed by atoms with Gasteiger partial charge < -0.3 is 38.0 Å². The fourth-order valence-corrected chi connectivity index (χ4v) is 3.23. The number of rotatable bonds is 8. The first-order chi connectivity index (χ1) is 13.9. The molecule has 1 aliphatic rings. The van der Waals surface area contributed by atoms with Crippen molar-refractivity contribution in [1.29, 1.82) is 5.41 Å². The molecule has 0 amide bonds. The smallest absolute Gasteiger partial charge is 0.149 e. The summed E-state index contributed by atoms with van der Waals surface area (Å²) in [5.74, 6) is 0.869. The predicted octanol–water partition coefficient (Wildman–Crippen LogP) is 1.44. The molecular weight excluding hydrogens is 373 g/mol. The van der Waals surface area contributed by atoms with Gasteiger partial charge in [0.15, 0.2) is 0 Å². The molecule has 1 saturated heterocycles. The largest absolute Gasteiger partial charge is 0.489 e. The highest BCUT2D eigenvalue weighted by Crippen LogP contribution is 2.22. The molecule has 0 aliphatic carbocycles. The van der Waals surface area contributed by atoms with Crippen LogP contribution in [0.1, 0.15) is 12.0 Å². The number of nitrogens with zero attached hydrogens (tertiary/aromatic N) is 1. The number of benzene rings is 1. The Morgan fingerprint density at radius 1 is 1.31 bits per heavy atom. The van der Waals surface area contributed by atoms with E-state index in [0.29, 0.717) is 30.2 Å². The summed E-state index contributed by atoms with van der Waals surface area (Å²) < 4.78 is 18.8. The molecule has 0 spiro atoms. The van der Waals surface area contributed by atoms with Gasteiger partial charge in [0.2, 0.25) is 0 Å². The van der Waals surface area contributed by atoms with Crippen LogP contribution in [0, 0.1) is 11.2 Å². The molecule has 8 nitrogen and oxygen atoms in total. The van der Waals surface area contributed by atoms with Crippen LogP contribution in [-0.4, -0.2) is 36.4 Å². The molecular formula is C20H26FN7O. The summed E-state index contributed by atoms with van der Waals surface area (Å²) >= 11 is 0. The quantitative estimate of drug-likeness (QED) is 0.368. The van der Waals surface area contributed by atoms with Gasteiger partial charge in [0.1, 0.15) is 29.3 Å². The van der Waals surface area contributed by atoms with Crippen LogP contribution in [-0.2, 0) is 6.42 Å². The Bertz CT molecular complexity index is 885. The summed E-state index contributed by atoms with van der Waals surface area (Å²) in [6, 6.07) is 7.92. The average molecular weight is 399 g/mol. The molecule has 1 aromatic carbocycles. The van der Waals surface area contributed by atoms with Crippen molar-refractivity contribution in [3.05, 3.63) is 53.5 Å². The molecule has 9 N–H and O–H groups in total. The third kappa shape index (κ3) is 5.58. The monoisotopic (exact) mass is 399 g/mol. The Hall–Kier alpha value is -3.33. The minimum Gasteiger partial charge on any atom is -0.489 e. The first-order valence-corrected chi connectivity index (χ1v) is 9.33. The lowest BCUT2D eigenvalue weighted by atomic mass is 10.1. The van der Waals surface area contributed by atoms with Crippen LogP contribution in [0.4, 0.5) is 21.7 Å². The van der Waals surface area contributed by atoms with E-state index in [2.05, 4.69) is 15.6 Å². The number of anilines is 3. The topological polar surface area (TPSA) is 148 Å². The molecule has 154 valence electrons. The van der Waals surface area contributed by atoms with Gasteiger partial charge in [-0.3, -0.25) is 0 Å². The Labute approximate surface area is 168 Å². The van der Waals surface area contributed by atoms with Crippen molar-refractivity contribution in [2.45, 2.75) is 25.0 Å². The van der Waals surface area contributed by atoms with Crippen LogP contribution in [0.3, 0.4) is 0 Å². The van der Waals surface area contributed by atoms with E-state index in [-0.39, 0.29) is 23.8 Å². The first kappa shape index (κ1) is 20.4. The predicted molar refractivity (Wildman–Crippen MR) is 113 cm³/mol. The number of nitrogens with two attached hydrogens (primary N) is 3. The SMILES string of the molecule is N=C/C(=C\NCC1CC(Oc2ccc(F)cc2)CN1)Cc1cc(N)nc(N)c1N. The lowest BCUT2D eigenvalue weighted by Crippen LogP contribution is -2.31. The first-order valence-electron chi connectivity index (χ1n) is 9.33. The summed E-state index contributed by atoms with van der Waals surface area (Å²) in [5.41, 5.74) is 19.3. The highest BCUT2D eigenvalue weighted by atomic mass is 19.1. The standard InChI is InChI=1S/C20H26FN7O/c21-14-1-3-16(4-2-14)29-17-7-15(27-11-17)10-26-9-12(8-22)5-13-6-18(23)28-20(25)19(13)24/h1-4,6,8-9,15,17,22,26-27H,5,7,10-11,24H2,(H4,23,25,28)/b12-9-,22-8?. The van der Waals surface area contributed by atoms with E-state index in [0.717, 1.165) is 24.1 Å². The third-order valence-corrected chi connectivity index (χ3v) is 4.72. The van der Waals surface area contributed by atoms with Crippen LogP contribution >= 0.6 is 0 Å². The number of nitrogen functional groups attached to an aromatic ring is 3. The molecule has 3 rings (SSSR count). The van der Waals surface area contributed by atoms with Gasteiger partial charge in [0.05, 0.1) is 5.69 Å².